The molecule has 0 aromatic rings. The summed E-state index contributed by atoms with van der Waals surface area (Å²) in [6, 6.07) is 0. The molecule has 0 aliphatic rings. The Kier molecular flexibility index (Phi) is 16.9. The monoisotopic (exact) mass is 302 g/mol. The van der Waals surface area contributed by atoms with Crippen molar-refractivity contribution >= 4 is 5.97 Å². The Hall–Kier alpha value is -0.610. The van der Waals surface area contributed by atoms with Gasteiger partial charge in [0.15, 0.2) is 0 Å². The van der Waals surface area contributed by atoms with Crippen molar-refractivity contribution in [3.63, 3.8) is 0 Å². The number of methoxy groups -OCH3 is 1. The van der Waals surface area contributed by atoms with Crippen LogP contribution in [0.4, 0.5) is 0 Å². The summed E-state index contributed by atoms with van der Waals surface area (Å²) in [5, 5.41) is 0. The second-order valence-corrected chi connectivity index (χ2v) is 5.40. The molecule has 0 rings (SSSR count). The van der Waals surface area contributed by atoms with Gasteiger partial charge in [-0.3, -0.25) is 4.79 Å². The van der Waals surface area contributed by atoms with Crippen LogP contribution in [0, 0.1) is 0 Å². The maximum atomic E-state index is 11.4. The third kappa shape index (κ3) is 17.3. The van der Waals surface area contributed by atoms with Gasteiger partial charge in [-0.1, -0.05) is 51.9 Å². The zero-order chi connectivity index (χ0) is 15.6. The number of carbonyl (C=O) groups excluding carboxylic acids is 1. The highest BCUT2D eigenvalue weighted by molar-refractivity contribution is 5.69. The highest BCUT2D eigenvalue weighted by Gasteiger charge is 2.02. The maximum Gasteiger partial charge on any atom is 0.305 e. The van der Waals surface area contributed by atoms with Crippen molar-refractivity contribution in [1.82, 2.24) is 0 Å². The smallest absolute Gasteiger partial charge is 0.305 e. The Morgan fingerprint density at radius 1 is 0.762 bits per heavy atom. The fraction of sp³-hybridized carbons (Fsp3) is 0.941. The SMILES string of the molecule is CCCCCCCCCCOC(=O)CCCOCCOC. The topological polar surface area (TPSA) is 44.8 Å². The summed E-state index contributed by atoms with van der Waals surface area (Å²) in [7, 11) is 1.64. The maximum absolute atomic E-state index is 11.4. The largest absolute Gasteiger partial charge is 0.466 e. The van der Waals surface area contributed by atoms with E-state index in [1.54, 1.807) is 7.11 Å². The lowest BCUT2D eigenvalue weighted by Gasteiger charge is -2.06. The van der Waals surface area contributed by atoms with E-state index in [4.69, 9.17) is 14.2 Å². The number of esters is 1. The predicted molar refractivity (Wildman–Crippen MR) is 85.5 cm³/mol. The second kappa shape index (κ2) is 17.4. The van der Waals surface area contributed by atoms with Gasteiger partial charge in [-0.05, 0) is 12.8 Å². The molecule has 0 fully saturated rings. The van der Waals surface area contributed by atoms with Gasteiger partial charge in [0.05, 0.1) is 19.8 Å². The molecule has 0 spiro atoms. The molecule has 0 amide bonds. The van der Waals surface area contributed by atoms with E-state index in [-0.39, 0.29) is 5.97 Å². The van der Waals surface area contributed by atoms with E-state index in [2.05, 4.69) is 6.92 Å². The first kappa shape index (κ1) is 20.4. The summed E-state index contributed by atoms with van der Waals surface area (Å²) in [4.78, 5) is 11.4. The molecule has 0 aromatic carbocycles. The highest BCUT2D eigenvalue weighted by atomic mass is 16.5. The van der Waals surface area contributed by atoms with E-state index in [9.17, 15) is 4.79 Å². The first-order valence-corrected chi connectivity index (χ1v) is 8.53. The molecule has 0 unspecified atom stereocenters. The fourth-order valence-electron chi connectivity index (χ4n) is 2.06. The summed E-state index contributed by atoms with van der Waals surface area (Å²) >= 11 is 0. The number of unbranched alkanes of at least 4 members (excludes halogenated alkanes) is 7. The number of carbonyl (C=O) groups is 1. The van der Waals surface area contributed by atoms with E-state index < -0.39 is 0 Å². The van der Waals surface area contributed by atoms with Gasteiger partial charge in [-0.25, -0.2) is 0 Å². The van der Waals surface area contributed by atoms with Gasteiger partial charge in [0.2, 0.25) is 0 Å². The van der Waals surface area contributed by atoms with Gasteiger partial charge < -0.3 is 14.2 Å². The van der Waals surface area contributed by atoms with Crippen LogP contribution >= 0.6 is 0 Å². The van der Waals surface area contributed by atoms with E-state index in [0.717, 1.165) is 12.8 Å². The molecular formula is C17H34O4. The van der Waals surface area contributed by atoms with Crippen molar-refractivity contribution in [2.75, 3.05) is 33.5 Å². The van der Waals surface area contributed by atoms with E-state index in [1.165, 1.54) is 44.9 Å². The number of hydrogen-bond acceptors (Lipinski definition) is 4. The van der Waals surface area contributed by atoms with E-state index in [0.29, 0.717) is 32.8 Å². The van der Waals surface area contributed by atoms with Gasteiger partial charge in [0.25, 0.3) is 0 Å². The lowest BCUT2D eigenvalue weighted by molar-refractivity contribution is -0.144. The average molecular weight is 302 g/mol. The molecule has 0 aromatic heterocycles. The lowest BCUT2D eigenvalue weighted by Crippen LogP contribution is -2.08. The molecule has 4 heteroatoms. The van der Waals surface area contributed by atoms with Crippen LogP contribution in [0.25, 0.3) is 0 Å². The Balaban J connectivity index is 3.12. The van der Waals surface area contributed by atoms with Crippen molar-refractivity contribution in [2.24, 2.45) is 0 Å². The Morgan fingerprint density at radius 2 is 1.43 bits per heavy atom. The van der Waals surface area contributed by atoms with E-state index >= 15 is 0 Å². The number of rotatable bonds is 16. The van der Waals surface area contributed by atoms with Crippen LogP contribution < -0.4 is 0 Å². The van der Waals surface area contributed by atoms with Gasteiger partial charge >= 0.3 is 5.97 Å². The summed E-state index contributed by atoms with van der Waals surface area (Å²) < 4.78 is 15.4. The molecule has 4 nitrogen and oxygen atoms in total. The summed E-state index contributed by atoms with van der Waals surface area (Å²) in [6.45, 7) is 4.58. The van der Waals surface area contributed by atoms with Crippen molar-refractivity contribution in [2.45, 2.75) is 71.1 Å². The number of ether oxygens (including phenoxy) is 3. The first-order chi connectivity index (χ1) is 10.3. The minimum Gasteiger partial charge on any atom is -0.466 e. The second-order valence-electron chi connectivity index (χ2n) is 5.40. The van der Waals surface area contributed by atoms with E-state index in [1.807, 2.05) is 0 Å². The molecule has 0 N–H and O–H groups in total. The molecule has 0 bridgehead atoms. The molecule has 0 heterocycles. The molecule has 0 saturated heterocycles. The van der Waals surface area contributed by atoms with Crippen LogP contribution in [-0.4, -0.2) is 39.5 Å². The standard InChI is InChI=1S/C17H34O4/c1-3-4-5-6-7-8-9-10-14-21-17(18)12-11-13-20-16-15-19-2/h3-16H2,1-2H3. The first-order valence-electron chi connectivity index (χ1n) is 8.53. The van der Waals surface area contributed by atoms with Gasteiger partial charge in [0.1, 0.15) is 0 Å². The fourth-order valence-corrected chi connectivity index (χ4v) is 2.06. The summed E-state index contributed by atoms with van der Waals surface area (Å²) in [6.07, 6.45) is 11.3. The number of hydrogen-bond donors (Lipinski definition) is 0. The molecule has 126 valence electrons. The van der Waals surface area contributed by atoms with Crippen LogP contribution in [0.15, 0.2) is 0 Å². The van der Waals surface area contributed by atoms with Crippen LogP contribution in [0.2, 0.25) is 0 Å². The molecule has 0 radical (unpaired) electrons. The van der Waals surface area contributed by atoms with Crippen LogP contribution in [-0.2, 0) is 19.0 Å². The van der Waals surface area contributed by atoms with Crippen molar-refractivity contribution in [3.05, 3.63) is 0 Å². The lowest BCUT2D eigenvalue weighted by atomic mass is 10.1. The molecule has 21 heavy (non-hydrogen) atoms. The summed E-state index contributed by atoms with van der Waals surface area (Å²) in [5.41, 5.74) is 0. The molecule has 0 atom stereocenters. The van der Waals surface area contributed by atoms with Gasteiger partial charge in [-0.2, -0.15) is 0 Å². The Labute approximate surface area is 130 Å². The normalized spacial score (nSPS) is 10.8. The minimum absolute atomic E-state index is 0.103. The Morgan fingerprint density at radius 3 is 2.10 bits per heavy atom. The van der Waals surface area contributed by atoms with Crippen LogP contribution in [0.3, 0.4) is 0 Å². The average Bonchev–Trinajstić information content (AvgIpc) is 2.49. The van der Waals surface area contributed by atoms with Crippen LogP contribution in [0.5, 0.6) is 0 Å². The summed E-state index contributed by atoms with van der Waals surface area (Å²) in [5.74, 6) is -0.103. The Bertz CT molecular complexity index is 219. The quantitative estimate of drug-likeness (QED) is 0.318. The van der Waals surface area contributed by atoms with Crippen molar-refractivity contribution < 1.29 is 19.0 Å². The highest BCUT2D eigenvalue weighted by Crippen LogP contribution is 2.08. The zero-order valence-corrected chi connectivity index (χ0v) is 14.0. The van der Waals surface area contributed by atoms with Crippen molar-refractivity contribution in [3.8, 4) is 0 Å². The van der Waals surface area contributed by atoms with Gasteiger partial charge in [-0.15, -0.1) is 0 Å². The van der Waals surface area contributed by atoms with Crippen molar-refractivity contribution in [1.29, 1.82) is 0 Å². The van der Waals surface area contributed by atoms with Gasteiger partial charge in [0, 0.05) is 20.1 Å². The molecule has 0 aliphatic heterocycles. The molecule has 0 saturated carbocycles. The third-order valence-electron chi connectivity index (χ3n) is 3.36. The predicted octanol–water partition coefficient (Wildman–Crippen LogP) is 4.11. The van der Waals surface area contributed by atoms with Crippen LogP contribution in [0.1, 0.15) is 71.1 Å². The molecular weight excluding hydrogens is 268 g/mol. The minimum atomic E-state index is -0.103. The zero-order valence-electron chi connectivity index (χ0n) is 14.0. The molecule has 0 aliphatic carbocycles. The third-order valence-corrected chi connectivity index (χ3v) is 3.36.